The van der Waals surface area contributed by atoms with Crippen LogP contribution in [0, 0.1) is 10.1 Å². The van der Waals surface area contributed by atoms with Crippen LogP contribution in [0.5, 0.6) is 0 Å². The van der Waals surface area contributed by atoms with Gasteiger partial charge in [0.1, 0.15) is 0 Å². The molecule has 0 radical (unpaired) electrons. The van der Waals surface area contributed by atoms with E-state index in [1.807, 2.05) is 48.5 Å². The first-order valence-electron chi connectivity index (χ1n) is 7.87. The Kier molecular flexibility index (Phi) is 5.41. The Labute approximate surface area is 149 Å². The third-order valence-corrected chi connectivity index (χ3v) is 3.43. The number of amidine groups is 1. The van der Waals surface area contributed by atoms with Crippen LogP contribution in [0.15, 0.2) is 89.1 Å². The fraction of sp³-hybridized carbons (Fsp3) is 0. The van der Waals surface area contributed by atoms with Gasteiger partial charge in [-0.15, -0.1) is 0 Å². The summed E-state index contributed by atoms with van der Waals surface area (Å²) >= 11 is 0. The molecule has 0 unspecified atom stereocenters. The summed E-state index contributed by atoms with van der Waals surface area (Å²) in [5.74, 6) is 0.526. The largest absolute Gasteiger partial charge is 0.270 e. The summed E-state index contributed by atoms with van der Waals surface area (Å²) in [5.41, 5.74) is 5.06. The number of H-pyrrole nitrogens is 1. The number of hydrogen-bond acceptors (Lipinski definition) is 4. The number of non-ortho nitro benzene ring substituents is 1. The quantitative estimate of drug-likeness (QED) is 0.333. The van der Waals surface area contributed by atoms with Crippen LogP contribution in [-0.4, -0.2) is 17.0 Å². The molecule has 0 bridgehead atoms. The number of nitro benzene ring substituents is 1. The minimum Gasteiger partial charge on any atom is -0.258 e. The van der Waals surface area contributed by atoms with Gasteiger partial charge in [-0.3, -0.25) is 15.5 Å². The topological polar surface area (TPSA) is 94.0 Å². The van der Waals surface area contributed by atoms with Gasteiger partial charge in [-0.05, 0) is 18.2 Å². The molecule has 0 saturated carbocycles. The summed E-state index contributed by atoms with van der Waals surface area (Å²) in [6.07, 6.45) is 3.30. The number of nitro groups is 1. The van der Waals surface area contributed by atoms with Gasteiger partial charge in [0.15, 0.2) is 6.20 Å². The Morgan fingerprint density at radius 2 is 1.85 bits per heavy atom. The lowest BCUT2D eigenvalue weighted by molar-refractivity contribution is -0.384. The molecule has 26 heavy (non-hydrogen) atoms. The Morgan fingerprint density at radius 1 is 1.04 bits per heavy atom. The number of aliphatic imine (C=N–C) groups is 1. The maximum Gasteiger partial charge on any atom is 0.270 e. The highest BCUT2D eigenvalue weighted by Crippen LogP contribution is 2.12. The first-order chi connectivity index (χ1) is 12.7. The standard InChI is InChI=1S/C19H15N5O2/c25-24(26)17-10-6-7-15(13-17)14-21-23-19(18-11-4-5-12-20-18)22-16-8-2-1-3-9-16/h1-14H,(H,22,23)/p+1. The molecule has 2 aromatic carbocycles. The van der Waals surface area contributed by atoms with E-state index in [0.717, 1.165) is 11.4 Å². The van der Waals surface area contributed by atoms with Gasteiger partial charge < -0.3 is 0 Å². The van der Waals surface area contributed by atoms with Gasteiger partial charge in [0.25, 0.3) is 5.69 Å². The van der Waals surface area contributed by atoms with E-state index in [-0.39, 0.29) is 5.69 Å². The van der Waals surface area contributed by atoms with E-state index in [2.05, 4.69) is 20.5 Å². The zero-order chi connectivity index (χ0) is 18.2. The fourth-order valence-corrected chi connectivity index (χ4v) is 2.20. The molecule has 0 atom stereocenters. The number of para-hydroxylation sites is 1. The number of hydrogen-bond donors (Lipinski definition) is 1. The van der Waals surface area contributed by atoms with E-state index < -0.39 is 4.92 Å². The molecule has 128 valence electrons. The molecule has 1 aromatic heterocycles. The summed E-state index contributed by atoms with van der Waals surface area (Å²) in [6, 6.07) is 21.4. The minimum atomic E-state index is -0.439. The molecule has 7 heteroatoms. The van der Waals surface area contributed by atoms with Gasteiger partial charge in [0.05, 0.1) is 16.8 Å². The molecule has 0 spiro atoms. The number of hydrazone groups is 1. The number of rotatable bonds is 5. The summed E-state index contributed by atoms with van der Waals surface area (Å²) in [6.45, 7) is 0. The van der Waals surface area contributed by atoms with Gasteiger partial charge >= 0.3 is 0 Å². The smallest absolute Gasteiger partial charge is 0.258 e. The maximum atomic E-state index is 10.8. The highest BCUT2D eigenvalue weighted by Gasteiger charge is 2.09. The van der Waals surface area contributed by atoms with Crippen molar-refractivity contribution >= 4 is 23.4 Å². The number of pyridine rings is 1. The zero-order valence-electron chi connectivity index (χ0n) is 13.7. The lowest BCUT2D eigenvalue weighted by atomic mass is 10.2. The predicted molar refractivity (Wildman–Crippen MR) is 99.5 cm³/mol. The molecule has 1 heterocycles. The van der Waals surface area contributed by atoms with E-state index in [1.165, 1.54) is 18.3 Å². The van der Waals surface area contributed by atoms with Crippen molar-refractivity contribution in [2.45, 2.75) is 0 Å². The predicted octanol–water partition coefficient (Wildman–Crippen LogP) is 3.11. The summed E-state index contributed by atoms with van der Waals surface area (Å²) in [5, 5.41) is 15.0. The van der Waals surface area contributed by atoms with Gasteiger partial charge in [-0.1, -0.05) is 30.3 Å². The van der Waals surface area contributed by atoms with E-state index in [1.54, 1.807) is 18.3 Å². The lowest BCUT2D eigenvalue weighted by Gasteiger charge is -2.02. The molecular weight excluding hydrogens is 330 g/mol. The molecule has 0 aliphatic heterocycles. The van der Waals surface area contributed by atoms with Crippen LogP contribution in [0.1, 0.15) is 11.3 Å². The van der Waals surface area contributed by atoms with Crippen molar-refractivity contribution in [3.8, 4) is 0 Å². The molecule has 7 nitrogen and oxygen atoms in total. The van der Waals surface area contributed by atoms with Crippen LogP contribution >= 0.6 is 0 Å². The molecule has 3 rings (SSSR count). The highest BCUT2D eigenvalue weighted by atomic mass is 16.6. The Balaban J connectivity index is 1.84. The molecular formula is C19H16N5O2+. The molecule has 0 aliphatic carbocycles. The zero-order valence-corrected chi connectivity index (χ0v) is 13.7. The molecule has 0 fully saturated rings. The molecule has 0 aliphatic rings. The van der Waals surface area contributed by atoms with Gasteiger partial charge in [-0.2, -0.15) is 5.10 Å². The van der Waals surface area contributed by atoms with E-state index in [9.17, 15) is 10.1 Å². The van der Waals surface area contributed by atoms with Crippen molar-refractivity contribution in [3.63, 3.8) is 0 Å². The summed E-state index contributed by atoms with van der Waals surface area (Å²) in [7, 11) is 0. The van der Waals surface area contributed by atoms with Gasteiger partial charge in [0, 0.05) is 29.8 Å². The van der Waals surface area contributed by atoms with Crippen LogP contribution in [0.25, 0.3) is 0 Å². The average molecular weight is 346 g/mol. The first kappa shape index (κ1) is 17.0. The molecule has 2 N–H and O–H groups in total. The molecule has 0 saturated heterocycles. The van der Waals surface area contributed by atoms with Crippen LogP contribution in [0.4, 0.5) is 11.4 Å². The fourth-order valence-electron chi connectivity index (χ4n) is 2.20. The second kappa shape index (κ2) is 8.29. The van der Waals surface area contributed by atoms with Crippen LogP contribution in [0.3, 0.4) is 0 Å². The van der Waals surface area contributed by atoms with Gasteiger partial charge in [-0.25, -0.2) is 9.98 Å². The van der Waals surface area contributed by atoms with Crippen molar-refractivity contribution in [1.29, 1.82) is 0 Å². The Bertz CT molecular complexity index is 940. The lowest BCUT2D eigenvalue weighted by Crippen LogP contribution is -2.26. The summed E-state index contributed by atoms with van der Waals surface area (Å²) in [4.78, 5) is 18.1. The third kappa shape index (κ3) is 4.57. The SMILES string of the molecule is O=[N+]([O-])c1cccc(C=NNC(=Nc2ccccc2)c2cccc[nH+]2)c1. The van der Waals surface area contributed by atoms with Crippen LogP contribution < -0.4 is 10.4 Å². The van der Waals surface area contributed by atoms with Crippen LogP contribution in [-0.2, 0) is 0 Å². The Hall–Kier alpha value is -3.87. The normalized spacial score (nSPS) is 11.5. The molecule has 3 aromatic rings. The highest BCUT2D eigenvalue weighted by molar-refractivity contribution is 5.97. The number of aromatic amines is 1. The van der Waals surface area contributed by atoms with Crippen molar-refractivity contribution in [2.75, 3.05) is 0 Å². The second-order valence-electron chi connectivity index (χ2n) is 5.29. The van der Waals surface area contributed by atoms with E-state index >= 15 is 0 Å². The maximum absolute atomic E-state index is 10.8. The minimum absolute atomic E-state index is 0.0171. The first-order valence-corrected chi connectivity index (χ1v) is 7.87. The number of aromatic nitrogens is 1. The number of benzene rings is 2. The van der Waals surface area contributed by atoms with Gasteiger partial charge in [0.2, 0.25) is 11.5 Å². The monoisotopic (exact) mass is 346 g/mol. The summed E-state index contributed by atoms with van der Waals surface area (Å²) < 4.78 is 0. The number of nitrogens with zero attached hydrogens (tertiary/aromatic N) is 3. The van der Waals surface area contributed by atoms with Crippen molar-refractivity contribution < 1.29 is 9.91 Å². The van der Waals surface area contributed by atoms with E-state index in [0.29, 0.717) is 11.4 Å². The third-order valence-electron chi connectivity index (χ3n) is 3.43. The Morgan fingerprint density at radius 3 is 2.58 bits per heavy atom. The van der Waals surface area contributed by atoms with Crippen LogP contribution in [0.2, 0.25) is 0 Å². The van der Waals surface area contributed by atoms with Crippen molar-refractivity contribution in [2.24, 2.45) is 10.1 Å². The van der Waals surface area contributed by atoms with Crippen molar-refractivity contribution in [3.05, 3.63) is 100 Å². The second-order valence-corrected chi connectivity index (χ2v) is 5.29. The molecule has 0 amide bonds. The van der Waals surface area contributed by atoms with Crippen molar-refractivity contribution in [1.82, 2.24) is 5.43 Å². The average Bonchev–Trinajstić information content (AvgIpc) is 2.69. The van der Waals surface area contributed by atoms with E-state index in [4.69, 9.17) is 0 Å². The number of nitrogens with one attached hydrogen (secondary N) is 2.